The number of hydrogen-bond donors (Lipinski definition) is 4. The lowest BCUT2D eigenvalue weighted by molar-refractivity contribution is -0.136. The molecule has 0 saturated carbocycles. The van der Waals surface area contributed by atoms with Gasteiger partial charge in [-0.2, -0.15) is 4.98 Å². The zero-order valence-corrected chi connectivity index (χ0v) is 32.0. The molecule has 1 aromatic heterocycles. The number of anilines is 5. The van der Waals surface area contributed by atoms with Gasteiger partial charge in [-0.05, 0) is 82.6 Å². The van der Waals surface area contributed by atoms with Gasteiger partial charge in [-0.25, -0.2) is 22.5 Å². The fourth-order valence-electron chi connectivity index (χ4n) is 7.03. The molecular formula is C39H44FN9O5S. The number of halogens is 1. The van der Waals surface area contributed by atoms with Crippen molar-refractivity contribution in [3.8, 4) is 0 Å². The van der Waals surface area contributed by atoms with Crippen molar-refractivity contribution in [3.05, 3.63) is 94.9 Å². The lowest BCUT2D eigenvalue weighted by Gasteiger charge is -2.36. The second-order valence-corrected chi connectivity index (χ2v) is 16.8. The molecule has 4 N–H and O–H groups in total. The molecule has 288 valence electrons. The van der Waals surface area contributed by atoms with Crippen LogP contribution in [-0.4, -0.2) is 83.7 Å². The quantitative estimate of drug-likeness (QED) is 0.167. The standard InChI is InChI=1S/C39H44FN9O5S/c1-24-21-41-38(45-35(24)42-27-6-5-7-29(20-27)55(53,54)46-39(2,3)4)43-26-9-11-28(12-10-26)48-18-16-47(17-19-48)22-25-8-13-30-31(34(25)40)23-49(37(30)52)32-14-15-33(50)44-36(32)51/h5-13,20-21,32,46H,14-19,22-23H2,1-4H3,(H,44,50,51)(H2,41,42,43,45). The normalized spacial score (nSPS) is 18.0. The number of rotatable bonds is 10. The molecule has 4 aromatic rings. The van der Waals surface area contributed by atoms with Crippen LogP contribution in [0.3, 0.4) is 0 Å². The van der Waals surface area contributed by atoms with E-state index in [9.17, 15) is 22.8 Å². The highest BCUT2D eigenvalue weighted by molar-refractivity contribution is 7.89. The summed E-state index contributed by atoms with van der Waals surface area (Å²) in [5.74, 6) is -0.776. The fourth-order valence-corrected chi connectivity index (χ4v) is 8.50. The number of aromatic nitrogens is 2. The van der Waals surface area contributed by atoms with Crippen LogP contribution in [0.5, 0.6) is 0 Å². The Balaban J connectivity index is 0.935. The van der Waals surface area contributed by atoms with Gasteiger partial charge in [0.15, 0.2) is 0 Å². The Bertz CT molecular complexity index is 2250. The van der Waals surface area contributed by atoms with E-state index in [0.717, 1.165) is 30.0 Å². The first-order valence-corrected chi connectivity index (χ1v) is 19.7. The van der Waals surface area contributed by atoms with Crippen LogP contribution in [-0.2, 0) is 32.7 Å². The van der Waals surface area contributed by atoms with Gasteiger partial charge in [0.25, 0.3) is 5.91 Å². The Labute approximate surface area is 319 Å². The van der Waals surface area contributed by atoms with Gasteiger partial charge < -0.3 is 20.4 Å². The number of carbonyl (C=O) groups is 3. The van der Waals surface area contributed by atoms with Crippen LogP contribution in [0.4, 0.5) is 33.2 Å². The number of piperidine rings is 1. The van der Waals surface area contributed by atoms with E-state index in [1.54, 1.807) is 63.4 Å². The molecule has 3 aromatic carbocycles. The highest BCUT2D eigenvalue weighted by Gasteiger charge is 2.40. The molecule has 2 fully saturated rings. The first-order chi connectivity index (χ1) is 26.1. The molecule has 3 amide bonds. The molecule has 16 heteroatoms. The maximum absolute atomic E-state index is 15.8. The third kappa shape index (κ3) is 8.45. The van der Waals surface area contributed by atoms with Crippen LogP contribution < -0.4 is 25.6 Å². The minimum Gasteiger partial charge on any atom is -0.369 e. The molecule has 1 unspecified atom stereocenters. The number of piperazine rings is 1. The predicted octanol–water partition coefficient (Wildman–Crippen LogP) is 4.57. The molecule has 0 radical (unpaired) electrons. The summed E-state index contributed by atoms with van der Waals surface area (Å²) >= 11 is 0. The molecule has 0 aliphatic carbocycles. The number of nitrogens with zero attached hydrogens (tertiary/aromatic N) is 5. The van der Waals surface area contributed by atoms with Crippen LogP contribution in [0, 0.1) is 12.7 Å². The first kappa shape index (κ1) is 37.8. The maximum Gasteiger partial charge on any atom is 0.255 e. The lowest BCUT2D eigenvalue weighted by Crippen LogP contribution is -2.52. The Morgan fingerprint density at radius 1 is 0.945 bits per heavy atom. The molecule has 14 nitrogen and oxygen atoms in total. The van der Waals surface area contributed by atoms with Gasteiger partial charge in [0.05, 0.1) is 11.4 Å². The summed E-state index contributed by atoms with van der Waals surface area (Å²) < 4.78 is 44.2. The molecule has 0 spiro atoms. The van der Waals surface area contributed by atoms with Crippen molar-refractivity contribution in [2.24, 2.45) is 0 Å². The molecule has 0 bridgehead atoms. The Morgan fingerprint density at radius 3 is 2.40 bits per heavy atom. The van der Waals surface area contributed by atoms with Gasteiger partial charge in [-0.15, -0.1) is 0 Å². The van der Waals surface area contributed by atoms with Crippen LogP contribution in [0.2, 0.25) is 0 Å². The third-order valence-electron chi connectivity index (χ3n) is 9.80. The number of carbonyl (C=O) groups excluding carboxylic acids is 3. The SMILES string of the molecule is Cc1cnc(Nc2ccc(N3CCN(Cc4ccc5c(c4F)CN(C4CCC(=O)NC4=O)C5=O)CC3)cc2)nc1Nc1cccc(S(=O)(=O)NC(C)(C)C)c1. The summed E-state index contributed by atoms with van der Waals surface area (Å²) in [6, 6.07) is 17.0. The molecule has 1 atom stereocenters. The molecule has 3 aliphatic heterocycles. The predicted molar refractivity (Wildman–Crippen MR) is 206 cm³/mol. The number of fused-ring (bicyclic) bond motifs is 1. The number of benzene rings is 3. The number of amides is 3. The van der Waals surface area contributed by atoms with Gasteiger partial charge in [0.2, 0.25) is 27.8 Å². The zero-order chi connectivity index (χ0) is 39.1. The van der Waals surface area contributed by atoms with E-state index in [1.165, 1.54) is 4.90 Å². The summed E-state index contributed by atoms with van der Waals surface area (Å²) in [5, 5.41) is 8.75. The Hall–Kier alpha value is -5.45. The van der Waals surface area contributed by atoms with E-state index in [0.29, 0.717) is 48.2 Å². The summed E-state index contributed by atoms with van der Waals surface area (Å²) in [7, 11) is -3.71. The van der Waals surface area contributed by atoms with Crippen molar-refractivity contribution in [2.75, 3.05) is 41.7 Å². The van der Waals surface area contributed by atoms with Crippen molar-refractivity contribution in [1.29, 1.82) is 0 Å². The second kappa shape index (κ2) is 15.0. The Kier molecular flexibility index (Phi) is 10.3. The number of hydrogen-bond acceptors (Lipinski definition) is 11. The number of imide groups is 1. The van der Waals surface area contributed by atoms with Gasteiger partial charge >= 0.3 is 0 Å². The average Bonchev–Trinajstić information content (AvgIpc) is 3.47. The smallest absolute Gasteiger partial charge is 0.255 e. The molecule has 4 heterocycles. The topological polar surface area (TPSA) is 169 Å². The van der Waals surface area contributed by atoms with Gasteiger partial charge in [-0.1, -0.05) is 12.1 Å². The highest BCUT2D eigenvalue weighted by Crippen LogP contribution is 2.32. The highest BCUT2D eigenvalue weighted by atomic mass is 32.2. The fraction of sp³-hybridized carbons (Fsp3) is 0.359. The van der Waals surface area contributed by atoms with E-state index in [-0.39, 0.29) is 41.7 Å². The largest absolute Gasteiger partial charge is 0.369 e. The monoisotopic (exact) mass is 769 g/mol. The summed E-state index contributed by atoms with van der Waals surface area (Å²) in [5.41, 5.74) is 3.65. The number of aryl methyl sites for hydroxylation is 1. The number of nitrogens with one attached hydrogen (secondary N) is 4. The van der Waals surface area contributed by atoms with Crippen LogP contribution in [0.1, 0.15) is 60.7 Å². The lowest BCUT2D eigenvalue weighted by atomic mass is 10.0. The van der Waals surface area contributed by atoms with Gasteiger partial charge in [0, 0.05) is 90.2 Å². The van der Waals surface area contributed by atoms with E-state index in [1.807, 2.05) is 31.2 Å². The van der Waals surface area contributed by atoms with E-state index in [2.05, 4.69) is 40.4 Å². The molecule has 2 saturated heterocycles. The summed E-state index contributed by atoms with van der Waals surface area (Å²) in [4.78, 5) is 52.1. The summed E-state index contributed by atoms with van der Waals surface area (Å²) in [6.45, 7) is 10.6. The van der Waals surface area contributed by atoms with Crippen molar-refractivity contribution >= 4 is 56.6 Å². The molecule has 55 heavy (non-hydrogen) atoms. The minimum atomic E-state index is -3.71. The minimum absolute atomic E-state index is 0.00561. The van der Waals surface area contributed by atoms with Gasteiger partial charge in [-0.3, -0.25) is 24.6 Å². The zero-order valence-electron chi connectivity index (χ0n) is 31.1. The van der Waals surface area contributed by atoms with Crippen molar-refractivity contribution < 1.29 is 27.2 Å². The van der Waals surface area contributed by atoms with E-state index in [4.69, 9.17) is 0 Å². The van der Waals surface area contributed by atoms with Gasteiger partial charge in [0.1, 0.15) is 17.7 Å². The van der Waals surface area contributed by atoms with Crippen molar-refractivity contribution in [3.63, 3.8) is 0 Å². The number of sulfonamides is 1. The van der Waals surface area contributed by atoms with E-state index >= 15 is 4.39 Å². The molecule has 7 rings (SSSR count). The van der Waals surface area contributed by atoms with Crippen molar-refractivity contribution in [1.82, 2.24) is 29.8 Å². The van der Waals surface area contributed by atoms with Crippen LogP contribution >= 0.6 is 0 Å². The van der Waals surface area contributed by atoms with Crippen molar-refractivity contribution in [2.45, 2.75) is 70.1 Å². The van der Waals surface area contributed by atoms with Crippen LogP contribution in [0.25, 0.3) is 0 Å². The second-order valence-electron chi connectivity index (χ2n) is 15.1. The average molecular weight is 770 g/mol. The van der Waals surface area contributed by atoms with E-state index < -0.39 is 33.3 Å². The van der Waals surface area contributed by atoms with Crippen LogP contribution in [0.15, 0.2) is 71.8 Å². The molecule has 3 aliphatic rings. The maximum atomic E-state index is 15.8. The summed E-state index contributed by atoms with van der Waals surface area (Å²) in [6.07, 6.45) is 2.07. The first-order valence-electron chi connectivity index (χ1n) is 18.2. The Morgan fingerprint density at radius 2 is 1.69 bits per heavy atom. The third-order valence-corrected chi connectivity index (χ3v) is 11.6. The molecular weight excluding hydrogens is 726 g/mol.